The number of nitrogens with zero attached hydrogens (tertiary/aromatic N) is 3. The second kappa shape index (κ2) is 9.21. The molecule has 10 nitrogen and oxygen atoms in total. The van der Waals surface area contributed by atoms with Crippen molar-refractivity contribution in [3.63, 3.8) is 0 Å². The highest BCUT2D eigenvalue weighted by Crippen LogP contribution is 2.32. The van der Waals surface area contributed by atoms with Gasteiger partial charge in [-0.25, -0.2) is 13.2 Å². The van der Waals surface area contributed by atoms with Crippen LogP contribution in [0.15, 0.2) is 18.2 Å². The van der Waals surface area contributed by atoms with Crippen molar-refractivity contribution in [2.75, 3.05) is 43.1 Å². The van der Waals surface area contributed by atoms with Crippen LogP contribution in [0.25, 0.3) is 0 Å². The van der Waals surface area contributed by atoms with Crippen molar-refractivity contribution < 1.29 is 27.7 Å². The quantitative estimate of drug-likeness (QED) is 0.361. The topological polar surface area (TPSA) is 127 Å². The van der Waals surface area contributed by atoms with E-state index >= 15 is 0 Å². The first kappa shape index (κ1) is 23.0. The number of esters is 1. The maximum atomic E-state index is 12.4. The maximum Gasteiger partial charge on any atom is 0.338 e. The number of ether oxygens (including phenoxy) is 1. The summed E-state index contributed by atoms with van der Waals surface area (Å²) in [5.74, 6) is -1.02. The number of amides is 1. The van der Waals surface area contributed by atoms with Gasteiger partial charge in [-0.1, -0.05) is 6.92 Å². The Kier molecular flexibility index (Phi) is 6.83. The van der Waals surface area contributed by atoms with Crippen LogP contribution < -0.4 is 4.90 Å². The van der Waals surface area contributed by atoms with Gasteiger partial charge in [-0.15, -0.1) is 0 Å². The van der Waals surface area contributed by atoms with E-state index in [1.54, 1.807) is 6.07 Å². The van der Waals surface area contributed by atoms with E-state index in [2.05, 4.69) is 6.92 Å². The molecule has 31 heavy (non-hydrogen) atoms. The molecule has 1 aromatic rings. The molecule has 0 saturated carbocycles. The third-order valence-electron chi connectivity index (χ3n) is 5.88. The number of nitro benzene ring substituents is 1. The Hall–Kier alpha value is -2.69. The molecule has 2 saturated heterocycles. The van der Waals surface area contributed by atoms with Crippen LogP contribution in [0, 0.1) is 16.0 Å². The molecule has 3 rings (SSSR count). The maximum absolute atomic E-state index is 12.4. The summed E-state index contributed by atoms with van der Waals surface area (Å²) in [7, 11) is -1.67. The van der Waals surface area contributed by atoms with Crippen molar-refractivity contribution in [3.05, 3.63) is 33.9 Å². The number of rotatable bonds is 6. The standard InChI is InChI=1S/C20H27N3O7S/c1-14-4-3-8-22(11-14)17-6-5-15(10-18(17)23(26)27)20(25)30-12-19(24)21(2)16-7-9-31(28,29)13-16/h5-6,10,14,16H,3-4,7-9,11-13H2,1-2H3/t14-,16-/m0/s1. The third kappa shape index (κ3) is 5.52. The van der Waals surface area contributed by atoms with Crippen molar-refractivity contribution in [2.24, 2.45) is 5.92 Å². The van der Waals surface area contributed by atoms with Crippen LogP contribution in [-0.2, 0) is 19.4 Å². The normalized spacial score (nSPS) is 22.7. The third-order valence-corrected chi connectivity index (χ3v) is 7.63. The number of likely N-dealkylation sites (N-methyl/N-ethyl adjacent to an activating group) is 1. The molecule has 2 fully saturated rings. The lowest BCUT2D eigenvalue weighted by molar-refractivity contribution is -0.384. The van der Waals surface area contributed by atoms with Gasteiger partial charge in [0.05, 0.1) is 22.0 Å². The molecular weight excluding hydrogens is 426 g/mol. The second-order valence-electron chi connectivity index (χ2n) is 8.29. The summed E-state index contributed by atoms with van der Waals surface area (Å²) in [5.41, 5.74) is 0.272. The fourth-order valence-corrected chi connectivity index (χ4v) is 5.84. The number of nitro groups is 1. The minimum Gasteiger partial charge on any atom is -0.452 e. The van der Waals surface area contributed by atoms with E-state index in [1.807, 2.05) is 4.90 Å². The van der Waals surface area contributed by atoms with Crippen LogP contribution in [0.3, 0.4) is 0 Å². The number of piperidine rings is 1. The average Bonchev–Trinajstić information content (AvgIpc) is 3.10. The van der Waals surface area contributed by atoms with Gasteiger partial charge < -0.3 is 14.5 Å². The Bertz CT molecular complexity index is 979. The van der Waals surface area contributed by atoms with Gasteiger partial charge in [-0.3, -0.25) is 14.9 Å². The van der Waals surface area contributed by atoms with E-state index in [-0.39, 0.29) is 22.8 Å². The molecule has 2 heterocycles. The molecule has 1 amide bonds. The molecule has 0 spiro atoms. The molecule has 0 aromatic heterocycles. The van der Waals surface area contributed by atoms with Crippen molar-refractivity contribution in [2.45, 2.75) is 32.2 Å². The number of hydrogen-bond acceptors (Lipinski definition) is 8. The fourth-order valence-electron chi connectivity index (χ4n) is 4.07. The zero-order valence-electron chi connectivity index (χ0n) is 17.7. The Morgan fingerprint density at radius 1 is 1.32 bits per heavy atom. The van der Waals surface area contributed by atoms with Crippen LogP contribution in [0.5, 0.6) is 0 Å². The summed E-state index contributed by atoms with van der Waals surface area (Å²) < 4.78 is 28.2. The van der Waals surface area contributed by atoms with Gasteiger partial charge in [-0.2, -0.15) is 0 Å². The highest BCUT2D eigenvalue weighted by molar-refractivity contribution is 7.91. The first-order valence-electron chi connectivity index (χ1n) is 10.2. The monoisotopic (exact) mass is 453 g/mol. The number of anilines is 1. The van der Waals surface area contributed by atoms with E-state index in [4.69, 9.17) is 4.74 Å². The van der Waals surface area contributed by atoms with Gasteiger partial charge in [0.1, 0.15) is 5.69 Å². The molecule has 2 aliphatic heterocycles. The zero-order chi connectivity index (χ0) is 22.8. The summed E-state index contributed by atoms with van der Waals surface area (Å²) >= 11 is 0. The summed E-state index contributed by atoms with van der Waals surface area (Å²) in [6.07, 6.45) is 2.37. The summed E-state index contributed by atoms with van der Waals surface area (Å²) in [6, 6.07) is 3.74. The summed E-state index contributed by atoms with van der Waals surface area (Å²) in [5, 5.41) is 11.6. The molecule has 2 atom stereocenters. The second-order valence-corrected chi connectivity index (χ2v) is 10.5. The van der Waals surface area contributed by atoms with Gasteiger partial charge in [0.15, 0.2) is 16.4 Å². The van der Waals surface area contributed by atoms with Crippen molar-refractivity contribution in [3.8, 4) is 0 Å². The van der Waals surface area contributed by atoms with Crippen molar-refractivity contribution in [1.82, 2.24) is 4.90 Å². The largest absolute Gasteiger partial charge is 0.452 e. The SMILES string of the molecule is C[C@H]1CCCN(c2ccc(C(=O)OCC(=O)N(C)[C@H]3CCS(=O)(=O)C3)cc2[N+](=O)[O-])C1. The Balaban J connectivity index is 1.65. The first-order valence-corrected chi connectivity index (χ1v) is 12.1. The Morgan fingerprint density at radius 2 is 2.06 bits per heavy atom. The zero-order valence-corrected chi connectivity index (χ0v) is 18.5. The molecule has 0 N–H and O–H groups in total. The summed E-state index contributed by atoms with van der Waals surface area (Å²) in [4.78, 5) is 39.0. The van der Waals surface area contributed by atoms with Crippen molar-refractivity contribution >= 4 is 33.1 Å². The van der Waals surface area contributed by atoms with E-state index in [0.717, 1.165) is 12.8 Å². The first-order chi connectivity index (χ1) is 14.6. The smallest absolute Gasteiger partial charge is 0.338 e. The minimum absolute atomic E-state index is 0.0144. The highest BCUT2D eigenvalue weighted by atomic mass is 32.2. The minimum atomic E-state index is -3.15. The molecule has 0 bridgehead atoms. The predicted octanol–water partition coefficient (Wildman–Crippen LogP) is 1.63. The Labute approximate surface area is 181 Å². The molecule has 0 radical (unpaired) electrons. The molecular formula is C20H27N3O7S. The average molecular weight is 454 g/mol. The van der Waals surface area contributed by atoms with Gasteiger partial charge in [-0.05, 0) is 37.3 Å². The van der Waals surface area contributed by atoms with Gasteiger partial charge in [0.25, 0.3) is 11.6 Å². The predicted molar refractivity (Wildman–Crippen MR) is 114 cm³/mol. The van der Waals surface area contributed by atoms with Crippen molar-refractivity contribution in [1.29, 1.82) is 0 Å². The fraction of sp³-hybridized carbons (Fsp3) is 0.600. The highest BCUT2D eigenvalue weighted by Gasteiger charge is 2.33. The van der Waals surface area contributed by atoms with Gasteiger partial charge in [0, 0.05) is 32.2 Å². The van der Waals surface area contributed by atoms with Crippen LogP contribution in [0.1, 0.15) is 36.5 Å². The lowest BCUT2D eigenvalue weighted by atomic mass is 9.99. The van der Waals surface area contributed by atoms with Crippen LogP contribution in [-0.4, -0.2) is 74.4 Å². The number of hydrogen-bond donors (Lipinski definition) is 0. The summed E-state index contributed by atoms with van der Waals surface area (Å²) in [6.45, 7) is 2.96. The van der Waals surface area contributed by atoms with E-state index in [0.29, 0.717) is 31.1 Å². The van der Waals surface area contributed by atoms with Gasteiger partial charge >= 0.3 is 5.97 Å². The lowest BCUT2D eigenvalue weighted by Gasteiger charge is -2.32. The van der Waals surface area contributed by atoms with E-state index in [9.17, 15) is 28.1 Å². The number of sulfone groups is 1. The molecule has 1 aromatic carbocycles. The lowest BCUT2D eigenvalue weighted by Crippen LogP contribution is -2.40. The van der Waals surface area contributed by atoms with Crippen LogP contribution in [0.4, 0.5) is 11.4 Å². The number of benzene rings is 1. The molecule has 0 unspecified atom stereocenters. The van der Waals surface area contributed by atoms with E-state index < -0.39 is 39.3 Å². The van der Waals surface area contributed by atoms with E-state index in [1.165, 1.54) is 24.1 Å². The van der Waals surface area contributed by atoms with Crippen LogP contribution >= 0.6 is 0 Å². The number of carbonyl (C=O) groups excluding carboxylic acids is 2. The van der Waals surface area contributed by atoms with Crippen LogP contribution in [0.2, 0.25) is 0 Å². The molecule has 2 aliphatic rings. The van der Waals surface area contributed by atoms with Gasteiger partial charge in [0.2, 0.25) is 0 Å². The Morgan fingerprint density at radius 3 is 2.68 bits per heavy atom. The number of carbonyl (C=O) groups is 2. The molecule has 0 aliphatic carbocycles. The molecule has 170 valence electrons. The molecule has 11 heteroatoms.